The van der Waals surface area contributed by atoms with Crippen molar-refractivity contribution in [1.82, 2.24) is 5.32 Å². The van der Waals surface area contributed by atoms with Gasteiger partial charge in [-0.25, -0.2) is 4.39 Å². The van der Waals surface area contributed by atoms with Gasteiger partial charge in [0, 0.05) is 18.7 Å². The lowest BCUT2D eigenvalue weighted by atomic mass is 10.1. The first-order valence-corrected chi connectivity index (χ1v) is 5.38. The summed E-state index contributed by atoms with van der Waals surface area (Å²) in [6.45, 7) is 1.63. The molecule has 0 aromatic heterocycles. The third-order valence-corrected chi connectivity index (χ3v) is 2.74. The Labute approximate surface area is 97.5 Å². The van der Waals surface area contributed by atoms with Crippen LogP contribution in [0.3, 0.4) is 0 Å². The molecule has 86 valence electrons. The number of halogens is 2. The molecule has 1 heterocycles. The van der Waals surface area contributed by atoms with E-state index in [0.29, 0.717) is 13.2 Å². The number of nitrogens with one attached hydrogen (secondary N) is 1. The zero-order chi connectivity index (χ0) is 11.5. The van der Waals surface area contributed by atoms with Crippen LogP contribution >= 0.6 is 11.6 Å². The molecule has 0 bridgehead atoms. The lowest BCUT2D eigenvalue weighted by Crippen LogP contribution is -2.43. The van der Waals surface area contributed by atoms with Gasteiger partial charge in [0.05, 0.1) is 11.6 Å². The summed E-state index contributed by atoms with van der Waals surface area (Å²) in [5.41, 5.74) is 0.176. The Morgan fingerprint density at radius 2 is 2.38 bits per heavy atom. The van der Waals surface area contributed by atoms with Crippen LogP contribution in [0.5, 0.6) is 0 Å². The van der Waals surface area contributed by atoms with E-state index in [1.165, 1.54) is 12.1 Å². The maximum absolute atomic E-state index is 13.0. The zero-order valence-corrected chi connectivity index (χ0v) is 9.26. The van der Waals surface area contributed by atoms with E-state index >= 15 is 0 Å². The van der Waals surface area contributed by atoms with Crippen LogP contribution in [-0.4, -0.2) is 31.6 Å². The highest BCUT2D eigenvalue weighted by atomic mass is 35.5. The van der Waals surface area contributed by atoms with Crippen molar-refractivity contribution in [2.75, 3.05) is 19.7 Å². The second-order valence-electron chi connectivity index (χ2n) is 3.55. The monoisotopic (exact) mass is 243 g/mol. The van der Waals surface area contributed by atoms with E-state index in [9.17, 15) is 9.18 Å². The molecule has 1 saturated heterocycles. The number of rotatable bonds is 2. The molecule has 1 unspecified atom stereocenters. The summed E-state index contributed by atoms with van der Waals surface area (Å²) in [4.78, 5) is 12.0. The number of hydrogen-bond acceptors (Lipinski definition) is 3. The van der Waals surface area contributed by atoms with Gasteiger partial charge in [0.25, 0.3) is 0 Å². The van der Waals surface area contributed by atoms with E-state index in [0.717, 1.165) is 12.6 Å². The molecule has 2 rings (SSSR count). The van der Waals surface area contributed by atoms with Gasteiger partial charge >= 0.3 is 0 Å². The van der Waals surface area contributed by atoms with Gasteiger partial charge in [0.15, 0.2) is 5.78 Å². The van der Waals surface area contributed by atoms with Gasteiger partial charge in [-0.1, -0.05) is 11.6 Å². The van der Waals surface area contributed by atoms with Gasteiger partial charge in [-0.05, 0) is 18.2 Å². The van der Waals surface area contributed by atoms with Crippen LogP contribution in [0.4, 0.5) is 4.39 Å². The normalized spacial score (nSPS) is 20.8. The number of hydrogen-bond donors (Lipinski definition) is 1. The average Bonchev–Trinajstić information content (AvgIpc) is 2.32. The van der Waals surface area contributed by atoms with Crippen molar-refractivity contribution >= 4 is 17.4 Å². The second kappa shape index (κ2) is 4.91. The first-order valence-electron chi connectivity index (χ1n) is 5.00. The van der Waals surface area contributed by atoms with Crippen molar-refractivity contribution in [3.63, 3.8) is 0 Å². The van der Waals surface area contributed by atoms with Crippen LogP contribution in [0, 0.1) is 5.82 Å². The topological polar surface area (TPSA) is 38.3 Å². The predicted molar refractivity (Wildman–Crippen MR) is 58.4 cm³/mol. The van der Waals surface area contributed by atoms with Crippen molar-refractivity contribution in [3.05, 3.63) is 34.6 Å². The number of morpholine rings is 1. The van der Waals surface area contributed by atoms with Crippen LogP contribution in [-0.2, 0) is 4.74 Å². The van der Waals surface area contributed by atoms with E-state index in [1.807, 2.05) is 0 Å². The highest BCUT2D eigenvalue weighted by molar-refractivity contribution is 6.34. The third-order valence-electron chi connectivity index (χ3n) is 2.41. The molecule has 1 N–H and O–H groups in total. The van der Waals surface area contributed by atoms with Crippen LogP contribution in [0.1, 0.15) is 10.4 Å². The number of Topliss-reactive ketones (excluding diaryl/α,β-unsaturated/α-hetero) is 1. The highest BCUT2D eigenvalue weighted by Crippen LogP contribution is 2.19. The van der Waals surface area contributed by atoms with Crippen molar-refractivity contribution in [3.8, 4) is 0 Å². The Morgan fingerprint density at radius 3 is 3.06 bits per heavy atom. The summed E-state index contributed by atoms with van der Waals surface area (Å²) in [6.07, 6.45) is -0.576. The van der Waals surface area contributed by atoms with Crippen molar-refractivity contribution < 1.29 is 13.9 Å². The number of benzene rings is 1. The van der Waals surface area contributed by atoms with Crippen LogP contribution in [0.2, 0.25) is 5.02 Å². The standard InChI is InChI=1S/C11H11ClFNO2/c12-9-2-1-7(13)5-8(9)11(15)10-6-14-3-4-16-10/h1-2,5,10,14H,3-4,6H2. The van der Waals surface area contributed by atoms with E-state index in [-0.39, 0.29) is 16.4 Å². The Morgan fingerprint density at radius 1 is 1.56 bits per heavy atom. The second-order valence-corrected chi connectivity index (χ2v) is 3.96. The number of carbonyl (C=O) groups is 1. The minimum Gasteiger partial charge on any atom is -0.367 e. The van der Waals surface area contributed by atoms with Crippen molar-refractivity contribution in [2.24, 2.45) is 0 Å². The summed E-state index contributed by atoms with van der Waals surface area (Å²) >= 11 is 5.85. The molecule has 1 aromatic carbocycles. The lowest BCUT2D eigenvalue weighted by molar-refractivity contribution is 0.0269. The number of ether oxygens (including phenoxy) is 1. The molecule has 0 spiro atoms. The molecule has 3 nitrogen and oxygen atoms in total. The number of carbonyl (C=O) groups excluding carboxylic acids is 1. The molecule has 0 aliphatic carbocycles. The Kier molecular flexibility index (Phi) is 3.53. The fraction of sp³-hybridized carbons (Fsp3) is 0.364. The quantitative estimate of drug-likeness (QED) is 0.803. The van der Waals surface area contributed by atoms with E-state index in [2.05, 4.69) is 5.32 Å². The maximum Gasteiger partial charge on any atom is 0.194 e. The smallest absolute Gasteiger partial charge is 0.194 e. The van der Waals surface area contributed by atoms with E-state index < -0.39 is 11.9 Å². The maximum atomic E-state index is 13.0. The fourth-order valence-electron chi connectivity index (χ4n) is 1.59. The zero-order valence-electron chi connectivity index (χ0n) is 8.50. The Bertz CT molecular complexity index is 405. The third kappa shape index (κ3) is 2.40. The van der Waals surface area contributed by atoms with Gasteiger partial charge < -0.3 is 10.1 Å². The van der Waals surface area contributed by atoms with Gasteiger partial charge in [0.1, 0.15) is 11.9 Å². The Hall–Kier alpha value is -0.970. The molecule has 1 aliphatic rings. The van der Waals surface area contributed by atoms with E-state index in [4.69, 9.17) is 16.3 Å². The molecule has 0 saturated carbocycles. The molecule has 1 aromatic rings. The molecule has 0 radical (unpaired) electrons. The van der Waals surface area contributed by atoms with Gasteiger partial charge in [-0.3, -0.25) is 4.79 Å². The van der Waals surface area contributed by atoms with Crippen LogP contribution < -0.4 is 5.32 Å². The molecular weight excluding hydrogens is 233 g/mol. The van der Waals surface area contributed by atoms with Crippen LogP contribution in [0.25, 0.3) is 0 Å². The van der Waals surface area contributed by atoms with Crippen LogP contribution in [0.15, 0.2) is 18.2 Å². The van der Waals surface area contributed by atoms with Gasteiger partial charge in [-0.2, -0.15) is 0 Å². The highest BCUT2D eigenvalue weighted by Gasteiger charge is 2.24. The largest absolute Gasteiger partial charge is 0.367 e. The lowest BCUT2D eigenvalue weighted by Gasteiger charge is -2.22. The molecule has 1 atom stereocenters. The number of ketones is 1. The molecule has 5 heteroatoms. The molecule has 1 aliphatic heterocycles. The minimum atomic E-state index is -0.576. The summed E-state index contributed by atoms with van der Waals surface area (Å²) in [6, 6.07) is 3.74. The summed E-state index contributed by atoms with van der Waals surface area (Å²) in [5.74, 6) is -0.756. The van der Waals surface area contributed by atoms with Crippen molar-refractivity contribution in [2.45, 2.75) is 6.10 Å². The van der Waals surface area contributed by atoms with Gasteiger partial charge in [-0.15, -0.1) is 0 Å². The van der Waals surface area contributed by atoms with Crippen molar-refractivity contribution in [1.29, 1.82) is 0 Å². The molecule has 16 heavy (non-hydrogen) atoms. The average molecular weight is 244 g/mol. The summed E-state index contributed by atoms with van der Waals surface area (Å²) in [5, 5.41) is 3.29. The summed E-state index contributed by atoms with van der Waals surface area (Å²) in [7, 11) is 0. The first-order chi connectivity index (χ1) is 7.68. The molecule has 1 fully saturated rings. The Balaban J connectivity index is 2.22. The fourth-order valence-corrected chi connectivity index (χ4v) is 1.80. The predicted octanol–water partition coefficient (Wildman–Crippen LogP) is 1.65. The van der Waals surface area contributed by atoms with Gasteiger partial charge in [0.2, 0.25) is 0 Å². The SMILES string of the molecule is O=C(c1cc(F)ccc1Cl)C1CNCCO1. The minimum absolute atomic E-state index is 0.176. The van der Waals surface area contributed by atoms with E-state index in [1.54, 1.807) is 0 Å². The summed E-state index contributed by atoms with van der Waals surface area (Å²) < 4.78 is 18.3. The molecular formula is C11H11ClFNO2. The molecule has 0 amide bonds. The first kappa shape index (κ1) is 11.5.